The van der Waals surface area contributed by atoms with Crippen LogP contribution in [-0.4, -0.2) is 22.6 Å². The van der Waals surface area contributed by atoms with Gasteiger partial charge in [-0.2, -0.15) is 8.42 Å². The molecule has 0 saturated heterocycles. The summed E-state index contributed by atoms with van der Waals surface area (Å²) in [6.45, 7) is 2.25. The predicted molar refractivity (Wildman–Crippen MR) is 87.7 cm³/mol. The Morgan fingerprint density at radius 3 is 2.36 bits per heavy atom. The molecular formula is C16H18N2O3S. The lowest BCUT2D eigenvalue weighted by Crippen LogP contribution is -2.35. The van der Waals surface area contributed by atoms with Crippen LogP contribution < -0.4 is 13.3 Å². The highest BCUT2D eigenvalue weighted by Gasteiger charge is 2.37. The highest BCUT2D eigenvalue weighted by atomic mass is 32.2. The van der Waals surface area contributed by atoms with Gasteiger partial charge >= 0.3 is 10.2 Å². The van der Waals surface area contributed by atoms with E-state index in [0.29, 0.717) is 17.9 Å². The maximum Gasteiger partial charge on any atom is 0.326 e. The molecule has 3 rings (SSSR count). The molecule has 22 heavy (non-hydrogen) atoms. The Bertz CT molecular complexity index is 801. The SMILES string of the molecule is COc1ccc(CN2c3ccc(C)cc3N(C)S2(=O)=O)cc1. The smallest absolute Gasteiger partial charge is 0.326 e. The van der Waals surface area contributed by atoms with E-state index in [-0.39, 0.29) is 0 Å². The quantitative estimate of drug-likeness (QED) is 0.874. The van der Waals surface area contributed by atoms with Gasteiger partial charge in [-0.25, -0.2) is 4.31 Å². The number of hydrogen-bond acceptors (Lipinski definition) is 3. The van der Waals surface area contributed by atoms with Crippen molar-refractivity contribution in [1.82, 2.24) is 0 Å². The normalized spacial score (nSPS) is 15.8. The molecule has 0 aliphatic carbocycles. The van der Waals surface area contributed by atoms with Crippen molar-refractivity contribution in [1.29, 1.82) is 0 Å². The minimum absolute atomic E-state index is 0.298. The van der Waals surface area contributed by atoms with Crippen LogP contribution in [0.25, 0.3) is 0 Å². The highest BCUT2D eigenvalue weighted by Crippen LogP contribution is 2.41. The van der Waals surface area contributed by atoms with Crippen LogP contribution in [0.4, 0.5) is 11.4 Å². The molecule has 1 aliphatic rings. The number of hydrogen-bond donors (Lipinski definition) is 0. The molecule has 0 radical (unpaired) electrons. The summed E-state index contributed by atoms with van der Waals surface area (Å²) in [5, 5.41) is 0. The fourth-order valence-corrected chi connectivity index (χ4v) is 3.96. The first-order valence-corrected chi connectivity index (χ1v) is 8.33. The van der Waals surface area contributed by atoms with Crippen LogP contribution in [0, 0.1) is 6.92 Å². The Kier molecular flexibility index (Phi) is 3.48. The molecule has 0 unspecified atom stereocenters. The molecule has 1 aliphatic heterocycles. The second-order valence-corrected chi connectivity index (χ2v) is 7.21. The molecule has 2 aromatic carbocycles. The first-order valence-electron chi connectivity index (χ1n) is 6.93. The fourth-order valence-electron chi connectivity index (χ4n) is 2.56. The molecular weight excluding hydrogens is 300 g/mol. The van der Waals surface area contributed by atoms with Crippen LogP contribution in [0.15, 0.2) is 42.5 Å². The van der Waals surface area contributed by atoms with Crippen molar-refractivity contribution in [2.75, 3.05) is 22.8 Å². The van der Waals surface area contributed by atoms with Gasteiger partial charge in [-0.3, -0.25) is 4.31 Å². The van der Waals surface area contributed by atoms with E-state index in [1.165, 1.54) is 8.61 Å². The van der Waals surface area contributed by atoms with Gasteiger partial charge in [0, 0.05) is 7.05 Å². The monoisotopic (exact) mass is 318 g/mol. The molecule has 0 bridgehead atoms. The number of ether oxygens (including phenoxy) is 1. The lowest BCUT2D eigenvalue weighted by atomic mass is 10.1. The third kappa shape index (κ3) is 2.29. The summed E-state index contributed by atoms with van der Waals surface area (Å²) in [5.41, 5.74) is 3.37. The maximum atomic E-state index is 12.6. The van der Waals surface area contributed by atoms with Crippen molar-refractivity contribution < 1.29 is 13.2 Å². The van der Waals surface area contributed by atoms with E-state index < -0.39 is 10.2 Å². The first kappa shape index (κ1) is 14.7. The van der Waals surface area contributed by atoms with Gasteiger partial charge in [-0.05, 0) is 42.3 Å². The molecule has 5 nitrogen and oxygen atoms in total. The number of benzene rings is 2. The predicted octanol–water partition coefficient (Wildman–Crippen LogP) is 2.70. The van der Waals surface area contributed by atoms with E-state index in [1.54, 1.807) is 14.2 Å². The van der Waals surface area contributed by atoms with Gasteiger partial charge in [0.1, 0.15) is 5.75 Å². The van der Waals surface area contributed by atoms with Crippen molar-refractivity contribution in [3.8, 4) is 5.75 Å². The number of aryl methyl sites for hydroxylation is 1. The zero-order valence-corrected chi connectivity index (χ0v) is 13.6. The van der Waals surface area contributed by atoms with Gasteiger partial charge in [0.05, 0.1) is 25.0 Å². The summed E-state index contributed by atoms with van der Waals surface area (Å²) in [5.74, 6) is 0.751. The van der Waals surface area contributed by atoms with E-state index in [9.17, 15) is 8.42 Å². The minimum Gasteiger partial charge on any atom is -0.497 e. The molecule has 0 aromatic heterocycles. The van der Waals surface area contributed by atoms with E-state index >= 15 is 0 Å². The second kappa shape index (κ2) is 5.21. The Hall–Kier alpha value is -2.21. The molecule has 0 atom stereocenters. The molecule has 0 N–H and O–H groups in total. The Labute approximate surface area is 130 Å². The summed E-state index contributed by atoms with van der Waals surface area (Å²) in [6, 6.07) is 13.1. The van der Waals surface area contributed by atoms with Gasteiger partial charge < -0.3 is 4.74 Å². The average molecular weight is 318 g/mol. The van der Waals surface area contributed by atoms with Gasteiger partial charge in [0.25, 0.3) is 0 Å². The first-order chi connectivity index (χ1) is 10.4. The van der Waals surface area contributed by atoms with E-state index in [4.69, 9.17) is 4.74 Å². The highest BCUT2D eigenvalue weighted by molar-refractivity contribution is 7.94. The van der Waals surface area contributed by atoms with E-state index in [2.05, 4.69) is 0 Å². The van der Waals surface area contributed by atoms with Crippen molar-refractivity contribution in [3.63, 3.8) is 0 Å². The number of methoxy groups -OCH3 is 1. The minimum atomic E-state index is -3.52. The molecule has 2 aromatic rings. The summed E-state index contributed by atoms with van der Waals surface area (Å²) in [6.07, 6.45) is 0. The van der Waals surface area contributed by atoms with Crippen molar-refractivity contribution in [2.24, 2.45) is 0 Å². The van der Waals surface area contributed by atoms with E-state index in [0.717, 1.165) is 16.9 Å². The Morgan fingerprint density at radius 1 is 1.05 bits per heavy atom. The summed E-state index contributed by atoms with van der Waals surface area (Å²) < 4.78 is 33.1. The van der Waals surface area contributed by atoms with Crippen molar-refractivity contribution >= 4 is 21.6 Å². The fraction of sp³-hybridized carbons (Fsp3) is 0.250. The van der Waals surface area contributed by atoms with Gasteiger partial charge in [-0.1, -0.05) is 18.2 Å². The average Bonchev–Trinajstić information content (AvgIpc) is 2.69. The van der Waals surface area contributed by atoms with Crippen LogP contribution in [0.5, 0.6) is 5.75 Å². The van der Waals surface area contributed by atoms with Crippen molar-refractivity contribution in [2.45, 2.75) is 13.5 Å². The lowest BCUT2D eigenvalue weighted by molar-refractivity contribution is 0.414. The summed E-state index contributed by atoms with van der Waals surface area (Å²) in [7, 11) is -0.331. The Balaban J connectivity index is 1.99. The molecule has 6 heteroatoms. The summed E-state index contributed by atoms with van der Waals surface area (Å²) >= 11 is 0. The van der Waals surface area contributed by atoms with Crippen LogP contribution in [0.2, 0.25) is 0 Å². The molecule has 0 fully saturated rings. The number of rotatable bonds is 3. The van der Waals surface area contributed by atoms with Crippen LogP contribution in [-0.2, 0) is 16.8 Å². The van der Waals surface area contributed by atoms with Crippen LogP contribution in [0.1, 0.15) is 11.1 Å². The van der Waals surface area contributed by atoms with Crippen molar-refractivity contribution in [3.05, 3.63) is 53.6 Å². The van der Waals surface area contributed by atoms with Gasteiger partial charge in [0.15, 0.2) is 0 Å². The Morgan fingerprint density at radius 2 is 1.73 bits per heavy atom. The topological polar surface area (TPSA) is 49.9 Å². The zero-order valence-electron chi connectivity index (χ0n) is 12.8. The third-order valence-electron chi connectivity index (χ3n) is 3.85. The number of anilines is 2. The molecule has 1 heterocycles. The molecule has 0 saturated carbocycles. The molecule has 0 amide bonds. The zero-order chi connectivity index (χ0) is 15.9. The molecule has 0 spiro atoms. The third-order valence-corrected chi connectivity index (χ3v) is 5.62. The second-order valence-electron chi connectivity index (χ2n) is 5.32. The van der Waals surface area contributed by atoms with E-state index in [1.807, 2.05) is 49.4 Å². The van der Waals surface area contributed by atoms with Gasteiger partial charge in [0.2, 0.25) is 0 Å². The molecule has 116 valence electrons. The number of nitrogens with zero attached hydrogens (tertiary/aromatic N) is 2. The summed E-state index contributed by atoms with van der Waals surface area (Å²) in [4.78, 5) is 0. The maximum absolute atomic E-state index is 12.6. The van der Waals surface area contributed by atoms with Crippen LogP contribution >= 0.6 is 0 Å². The van der Waals surface area contributed by atoms with Gasteiger partial charge in [-0.15, -0.1) is 0 Å². The standard InChI is InChI=1S/C16H18N2O3S/c1-12-4-9-15-16(10-12)17(2)22(19,20)18(15)11-13-5-7-14(21-3)8-6-13/h4-10H,11H2,1-3H3. The largest absolute Gasteiger partial charge is 0.497 e. The van der Waals surface area contributed by atoms with Crippen LogP contribution in [0.3, 0.4) is 0 Å². The lowest BCUT2D eigenvalue weighted by Gasteiger charge is -2.19. The number of fused-ring (bicyclic) bond motifs is 1.